The van der Waals surface area contributed by atoms with Crippen molar-refractivity contribution in [3.05, 3.63) is 34.9 Å². The average Bonchev–Trinajstić information content (AvgIpc) is 2.16. The number of carboxylic acid groups (broad SMARTS) is 1. The van der Waals surface area contributed by atoms with Gasteiger partial charge in [0, 0.05) is 5.56 Å². The molecule has 1 aromatic rings. The fraction of sp³-hybridized carbons (Fsp3) is 0.100. The lowest BCUT2D eigenvalue weighted by atomic mass is 10.0. The Hall–Kier alpha value is -2.15. The number of rotatable bonds is 2. The zero-order valence-corrected chi connectivity index (χ0v) is 7.44. The van der Waals surface area contributed by atoms with Crippen LogP contribution in [0.25, 0.3) is 0 Å². The van der Waals surface area contributed by atoms with E-state index in [4.69, 9.17) is 10.4 Å². The van der Waals surface area contributed by atoms with Crippen molar-refractivity contribution in [2.24, 2.45) is 0 Å². The Labute approximate surface area is 80.4 Å². The number of Topliss-reactive ketones (excluding diaryl/α,β-unsaturated/α-hetero) is 1. The normalized spacial score (nSPS) is 9.14. The van der Waals surface area contributed by atoms with Crippen molar-refractivity contribution in [2.75, 3.05) is 0 Å². The van der Waals surface area contributed by atoms with E-state index in [0.29, 0.717) is 0 Å². The van der Waals surface area contributed by atoms with Crippen molar-refractivity contribution in [2.45, 2.75) is 6.92 Å². The van der Waals surface area contributed by atoms with Crippen LogP contribution < -0.4 is 0 Å². The van der Waals surface area contributed by atoms with Gasteiger partial charge in [0.2, 0.25) is 0 Å². The van der Waals surface area contributed by atoms with Crippen LogP contribution in [0, 0.1) is 11.3 Å². The van der Waals surface area contributed by atoms with Crippen LogP contribution in [0.15, 0.2) is 18.2 Å². The second-order valence-electron chi connectivity index (χ2n) is 2.77. The second kappa shape index (κ2) is 3.71. The van der Waals surface area contributed by atoms with Gasteiger partial charge in [0.1, 0.15) is 0 Å². The molecule has 0 fully saturated rings. The molecule has 4 heteroatoms. The number of benzene rings is 1. The van der Waals surface area contributed by atoms with Crippen molar-refractivity contribution >= 4 is 11.8 Å². The summed E-state index contributed by atoms with van der Waals surface area (Å²) in [6.45, 7) is 1.32. The highest BCUT2D eigenvalue weighted by atomic mass is 16.4. The molecule has 0 heterocycles. The fourth-order valence-electron chi connectivity index (χ4n) is 1.02. The van der Waals surface area contributed by atoms with Crippen LogP contribution in [0.2, 0.25) is 0 Å². The van der Waals surface area contributed by atoms with Crippen LogP contribution in [0.3, 0.4) is 0 Å². The van der Waals surface area contributed by atoms with Crippen LogP contribution in [0.1, 0.15) is 33.2 Å². The molecule has 0 aliphatic rings. The Morgan fingerprint density at radius 3 is 2.29 bits per heavy atom. The lowest BCUT2D eigenvalue weighted by molar-refractivity contribution is 0.0697. The maximum absolute atomic E-state index is 11.0. The average molecular weight is 189 g/mol. The summed E-state index contributed by atoms with van der Waals surface area (Å²) in [7, 11) is 0. The van der Waals surface area contributed by atoms with Gasteiger partial charge in [-0.15, -0.1) is 0 Å². The molecule has 0 atom stereocenters. The molecular weight excluding hydrogens is 182 g/mol. The molecule has 0 amide bonds. The first-order chi connectivity index (χ1) is 6.54. The fourth-order valence-corrected chi connectivity index (χ4v) is 1.02. The summed E-state index contributed by atoms with van der Waals surface area (Å²) in [5, 5.41) is 17.3. The number of aromatic carboxylic acids is 1. The first-order valence-corrected chi connectivity index (χ1v) is 3.84. The number of hydrogen-bond donors (Lipinski definition) is 1. The maximum Gasteiger partial charge on any atom is 0.335 e. The lowest BCUT2D eigenvalue weighted by Crippen LogP contribution is -2.01. The van der Waals surface area contributed by atoms with Gasteiger partial charge in [0.25, 0.3) is 0 Å². The van der Waals surface area contributed by atoms with E-state index >= 15 is 0 Å². The molecule has 0 aliphatic carbocycles. The van der Waals surface area contributed by atoms with Crippen molar-refractivity contribution in [1.82, 2.24) is 0 Å². The number of carboxylic acids is 1. The number of nitriles is 1. The maximum atomic E-state index is 11.0. The highest BCUT2D eigenvalue weighted by Gasteiger charge is 2.08. The molecule has 0 aliphatic heterocycles. The van der Waals surface area contributed by atoms with Crippen LogP contribution in [0.4, 0.5) is 0 Å². The number of carbonyl (C=O) groups excluding carboxylic acids is 1. The molecule has 1 rings (SSSR count). The Morgan fingerprint density at radius 1 is 1.29 bits per heavy atom. The van der Waals surface area contributed by atoms with Gasteiger partial charge < -0.3 is 5.11 Å². The minimum atomic E-state index is -1.15. The second-order valence-corrected chi connectivity index (χ2v) is 2.77. The molecule has 0 aromatic heterocycles. The molecule has 0 unspecified atom stereocenters. The van der Waals surface area contributed by atoms with Crippen molar-refractivity contribution in [1.29, 1.82) is 5.26 Å². The van der Waals surface area contributed by atoms with Gasteiger partial charge >= 0.3 is 5.97 Å². The Bertz CT molecular complexity index is 411. The molecule has 0 radical (unpaired) electrons. The molecule has 1 N–H and O–H groups in total. The lowest BCUT2D eigenvalue weighted by Gasteiger charge is -1.99. The third kappa shape index (κ3) is 1.96. The Kier molecular flexibility index (Phi) is 2.63. The standard InChI is InChI=1S/C10H7NO3/c1-6(12)8-2-7(5-11)3-9(4-8)10(13)14/h2-4H,1H3,(H,13,14). The molecule has 0 bridgehead atoms. The van der Waals surface area contributed by atoms with E-state index in [9.17, 15) is 9.59 Å². The summed E-state index contributed by atoms with van der Waals surface area (Å²) < 4.78 is 0. The third-order valence-electron chi connectivity index (χ3n) is 1.72. The Morgan fingerprint density at radius 2 is 1.86 bits per heavy atom. The van der Waals surface area contributed by atoms with Gasteiger partial charge in [-0.25, -0.2) is 4.79 Å². The molecule has 1 aromatic carbocycles. The SMILES string of the molecule is CC(=O)c1cc(C#N)cc(C(=O)O)c1. The van der Waals surface area contributed by atoms with Gasteiger partial charge in [-0.1, -0.05) is 0 Å². The molecular formula is C10H7NO3. The zero-order valence-electron chi connectivity index (χ0n) is 7.44. The van der Waals surface area contributed by atoms with Crippen LogP contribution in [-0.4, -0.2) is 16.9 Å². The predicted octanol–water partition coefficient (Wildman–Crippen LogP) is 1.46. The predicted molar refractivity (Wildman–Crippen MR) is 48.1 cm³/mol. The largest absolute Gasteiger partial charge is 0.478 e. The summed E-state index contributed by atoms with van der Waals surface area (Å²) in [4.78, 5) is 21.6. The van der Waals surface area contributed by atoms with Gasteiger partial charge in [-0.3, -0.25) is 4.79 Å². The van der Waals surface area contributed by atoms with E-state index in [-0.39, 0.29) is 22.5 Å². The monoisotopic (exact) mass is 189 g/mol. The molecule has 70 valence electrons. The Balaban J connectivity index is 3.36. The highest BCUT2D eigenvalue weighted by Crippen LogP contribution is 2.10. The summed E-state index contributed by atoms with van der Waals surface area (Å²) in [5.74, 6) is -1.41. The number of nitrogens with zero attached hydrogens (tertiary/aromatic N) is 1. The van der Waals surface area contributed by atoms with E-state index in [1.165, 1.54) is 25.1 Å². The summed E-state index contributed by atoms with van der Waals surface area (Å²) in [6, 6.07) is 5.66. The molecule has 0 saturated carbocycles. The minimum absolute atomic E-state index is 0.0470. The highest BCUT2D eigenvalue weighted by molar-refractivity contribution is 5.97. The van der Waals surface area contributed by atoms with Crippen molar-refractivity contribution < 1.29 is 14.7 Å². The van der Waals surface area contributed by atoms with Crippen LogP contribution >= 0.6 is 0 Å². The first kappa shape index (κ1) is 9.93. The summed E-state index contributed by atoms with van der Waals surface area (Å²) >= 11 is 0. The summed E-state index contributed by atoms with van der Waals surface area (Å²) in [6.07, 6.45) is 0. The molecule has 0 spiro atoms. The number of ketones is 1. The van der Waals surface area contributed by atoms with Gasteiger partial charge in [0.05, 0.1) is 17.2 Å². The van der Waals surface area contributed by atoms with Crippen LogP contribution in [-0.2, 0) is 0 Å². The van der Waals surface area contributed by atoms with E-state index in [1.807, 2.05) is 0 Å². The molecule has 14 heavy (non-hydrogen) atoms. The van der Waals surface area contributed by atoms with E-state index in [1.54, 1.807) is 6.07 Å². The number of hydrogen-bond acceptors (Lipinski definition) is 3. The third-order valence-corrected chi connectivity index (χ3v) is 1.72. The number of carbonyl (C=O) groups is 2. The van der Waals surface area contributed by atoms with Crippen LogP contribution in [0.5, 0.6) is 0 Å². The minimum Gasteiger partial charge on any atom is -0.478 e. The van der Waals surface area contributed by atoms with Gasteiger partial charge in [0.15, 0.2) is 5.78 Å². The molecule has 0 saturated heterocycles. The van der Waals surface area contributed by atoms with Crippen molar-refractivity contribution in [3.63, 3.8) is 0 Å². The quantitative estimate of drug-likeness (QED) is 0.714. The van der Waals surface area contributed by atoms with Gasteiger partial charge in [-0.2, -0.15) is 5.26 Å². The zero-order chi connectivity index (χ0) is 10.7. The van der Waals surface area contributed by atoms with E-state index < -0.39 is 5.97 Å². The van der Waals surface area contributed by atoms with E-state index in [0.717, 1.165) is 0 Å². The van der Waals surface area contributed by atoms with E-state index in [2.05, 4.69) is 0 Å². The molecule has 4 nitrogen and oxygen atoms in total. The van der Waals surface area contributed by atoms with Gasteiger partial charge in [-0.05, 0) is 25.1 Å². The topological polar surface area (TPSA) is 78.2 Å². The smallest absolute Gasteiger partial charge is 0.335 e. The first-order valence-electron chi connectivity index (χ1n) is 3.84. The summed E-state index contributed by atoms with van der Waals surface area (Å²) in [5.41, 5.74) is 0.366. The van der Waals surface area contributed by atoms with Crippen molar-refractivity contribution in [3.8, 4) is 6.07 Å².